The lowest BCUT2D eigenvalue weighted by Gasteiger charge is -2.16. The van der Waals surface area contributed by atoms with Crippen molar-refractivity contribution in [2.75, 3.05) is 10.7 Å². The van der Waals surface area contributed by atoms with Gasteiger partial charge in [-0.1, -0.05) is 48.0 Å². The summed E-state index contributed by atoms with van der Waals surface area (Å²) in [5.41, 5.74) is 7.04. The molecule has 1 saturated heterocycles. The highest BCUT2D eigenvalue weighted by Gasteiger charge is 2.39. The highest BCUT2D eigenvalue weighted by Crippen LogP contribution is 2.26. The van der Waals surface area contributed by atoms with Gasteiger partial charge in [-0.15, -0.1) is 11.8 Å². The van der Waals surface area contributed by atoms with Crippen LogP contribution in [-0.4, -0.2) is 29.5 Å². The first kappa shape index (κ1) is 21.1. The number of thioether (sulfide) groups is 1. The van der Waals surface area contributed by atoms with E-state index < -0.39 is 6.04 Å². The van der Waals surface area contributed by atoms with Crippen LogP contribution in [0.4, 0.5) is 5.69 Å². The number of anilines is 1. The third-order valence-corrected chi connectivity index (χ3v) is 6.16. The van der Waals surface area contributed by atoms with Crippen LogP contribution in [0.3, 0.4) is 0 Å². The predicted octanol–water partition coefficient (Wildman–Crippen LogP) is 3.58. The summed E-state index contributed by atoms with van der Waals surface area (Å²) in [4.78, 5) is 39.7. The number of hydrogen-bond acceptors (Lipinski definition) is 5. The Hall–Kier alpha value is -3.16. The van der Waals surface area contributed by atoms with Crippen LogP contribution < -0.4 is 15.8 Å². The first-order valence-corrected chi connectivity index (χ1v) is 11.1. The summed E-state index contributed by atoms with van der Waals surface area (Å²) < 4.78 is 0. The van der Waals surface area contributed by atoms with E-state index in [1.54, 1.807) is 17.8 Å². The number of benzene rings is 3. The maximum absolute atomic E-state index is 12.8. The van der Waals surface area contributed by atoms with Gasteiger partial charge in [0, 0.05) is 17.1 Å². The number of hydrogen-bond donors (Lipinski definition) is 2. The molecule has 158 valence electrons. The summed E-state index contributed by atoms with van der Waals surface area (Å²) in [6.07, 6.45) is 0.304. The van der Waals surface area contributed by atoms with Gasteiger partial charge in [-0.2, -0.15) is 0 Å². The molecule has 0 radical (unpaired) electrons. The maximum atomic E-state index is 12.8. The Labute approximate surface area is 185 Å². The van der Waals surface area contributed by atoms with Crippen LogP contribution in [-0.2, 0) is 14.4 Å². The molecule has 0 aliphatic carbocycles. The van der Waals surface area contributed by atoms with E-state index in [1.807, 2.05) is 67.6 Å². The van der Waals surface area contributed by atoms with Gasteiger partial charge in [0.05, 0.1) is 12.1 Å². The zero-order valence-electron chi connectivity index (χ0n) is 17.1. The number of carbonyl (C=O) groups excluding carboxylic acids is 3. The van der Waals surface area contributed by atoms with E-state index in [1.165, 1.54) is 10.5 Å². The number of hydrazine groups is 1. The fraction of sp³-hybridized carbons (Fsp3) is 0.208. The second-order valence-electron chi connectivity index (χ2n) is 7.46. The van der Waals surface area contributed by atoms with Crippen LogP contribution in [0.25, 0.3) is 10.8 Å². The zero-order chi connectivity index (χ0) is 21.8. The van der Waals surface area contributed by atoms with Gasteiger partial charge < -0.3 is 0 Å². The van der Waals surface area contributed by atoms with E-state index in [0.717, 1.165) is 15.7 Å². The highest BCUT2D eigenvalue weighted by molar-refractivity contribution is 7.99. The number of amides is 3. The molecule has 0 saturated carbocycles. The molecular weight excluding hydrogens is 410 g/mol. The summed E-state index contributed by atoms with van der Waals surface area (Å²) in [5.74, 6) is -0.252. The van der Waals surface area contributed by atoms with E-state index in [2.05, 4.69) is 10.9 Å². The molecule has 2 N–H and O–H groups in total. The van der Waals surface area contributed by atoms with Crippen molar-refractivity contribution < 1.29 is 14.4 Å². The summed E-state index contributed by atoms with van der Waals surface area (Å²) in [6.45, 7) is 2.03. The monoisotopic (exact) mass is 433 g/mol. The molecule has 3 aromatic rings. The predicted molar refractivity (Wildman–Crippen MR) is 123 cm³/mol. The van der Waals surface area contributed by atoms with Gasteiger partial charge in [-0.05, 0) is 42.0 Å². The molecular formula is C24H23N3O3S. The molecule has 0 aromatic heterocycles. The quantitative estimate of drug-likeness (QED) is 0.338. The number of imide groups is 1. The molecule has 7 heteroatoms. The smallest absolute Gasteiger partial charge is 0.253 e. The standard InChI is InChI=1S/C24H23N3O3S/c1-16-6-10-20(11-7-16)31-13-12-22(28)26-25-21-15-23(29)27(24(21)30)19-9-8-17-4-2-3-5-18(17)14-19/h2-11,14,21,25H,12-13,15H2,1H3,(H,26,28)/t21-/m0/s1. The molecule has 1 aliphatic rings. The van der Waals surface area contributed by atoms with E-state index in [0.29, 0.717) is 17.9 Å². The molecule has 3 aromatic carbocycles. The van der Waals surface area contributed by atoms with E-state index in [9.17, 15) is 14.4 Å². The fourth-order valence-electron chi connectivity index (χ4n) is 3.46. The van der Waals surface area contributed by atoms with Gasteiger partial charge in [0.25, 0.3) is 5.91 Å². The molecule has 0 bridgehead atoms. The Morgan fingerprint density at radius 3 is 2.55 bits per heavy atom. The van der Waals surface area contributed by atoms with Crippen molar-refractivity contribution >= 4 is 45.9 Å². The van der Waals surface area contributed by atoms with Crippen LogP contribution in [0.15, 0.2) is 71.6 Å². The van der Waals surface area contributed by atoms with Crippen molar-refractivity contribution in [1.82, 2.24) is 10.9 Å². The molecule has 31 heavy (non-hydrogen) atoms. The summed E-state index contributed by atoms with van der Waals surface area (Å²) >= 11 is 1.60. The van der Waals surface area contributed by atoms with Crippen molar-refractivity contribution in [3.05, 3.63) is 72.3 Å². The summed E-state index contributed by atoms with van der Waals surface area (Å²) in [7, 11) is 0. The number of fused-ring (bicyclic) bond motifs is 1. The minimum Gasteiger partial charge on any atom is -0.291 e. The van der Waals surface area contributed by atoms with Crippen molar-refractivity contribution in [3.8, 4) is 0 Å². The van der Waals surface area contributed by atoms with Crippen LogP contribution in [0.2, 0.25) is 0 Å². The van der Waals surface area contributed by atoms with Gasteiger partial charge in [-0.3, -0.25) is 19.8 Å². The normalized spacial score (nSPS) is 16.2. The van der Waals surface area contributed by atoms with Gasteiger partial charge in [0.15, 0.2) is 0 Å². The Morgan fingerprint density at radius 2 is 1.77 bits per heavy atom. The van der Waals surface area contributed by atoms with Crippen LogP contribution in [0.5, 0.6) is 0 Å². The van der Waals surface area contributed by atoms with Crippen LogP contribution in [0, 0.1) is 6.92 Å². The van der Waals surface area contributed by atoms with Crippen molar-refractivity contribution in [3.63, 3.8) is 0 Å². The first-order chi connectivity index (χ1) is 15.0. The largest absolute Gasteiger partial charge is 0.291 e. The van der Waals surface area contributed by atoms with Gasteiger partial charge in [-0.25, -0.2) is 10.3 Å². The Bertz CT molecular complexity index is 1130. The molecule has 0 spiro atoms. The minimum absolute atomic E-state index is 0.00402. The zero-order valence-corrected chi connectivity index (χ0v) is 17.9. The average Bonchev–Trinajstić information content (AvgIpc) is 3.06. The Morgan fingerprint density at radius 1 is 1.03 bits per heavy atom. The lowest BCUT2D eigenvalue weighted by Crippen LogP contribution is -2.48. The first-order valence-electron chi connectivity index (χ1n) is 10.1. The molecule has 1 aliphatic heterocycles. The maximum Gasteiger partial charge on any atom is 0.253 e. The van der Waals surface area contributed by atoms with Crippen molar-refractivity contribution in [2.45, 2.75) is 30.7 Å². The molecule has 1 atom stereocenters. The summed E-state index contributed by atoms with van der Waals surface area (Å²) in [6, 6.07) is 20.6. The topological polar surface area (TPSA) is 78.5 Å². The average molecular weight is 434 g/mol. The number of carbonyl (C=O) groups is 3. The number of nitrogens with one attached hydrogen (secondary N) is 2. The number of nitrogens with zero attached hydrogens (tertiary/aromatic N) is 1. The number of rotatable bonds is 7. The van der Waals surface area contributed by atoms with Gasteiger partial charge in [0.2, 0.25) is 11.8 Å². The third kappa shape index (κ3) is 4.95. The number of aryl methyl sites for hydroxylation is 1. The van der Waals surface area contributed by atoms with Gasteiger partial charge >= 0.3 is 0 Å². The summed E-state index contributed by atoms with van der Waals surface area (Å²) in [5, 5.41) is 1.99. The highest BCUT2D eigenvalue weighted by atomic mass is 32.2. The molecule has 1 fully saturated rings. The fourth-order valence-corrected chi connectivity index (χ4v) is 4.31. The molecule has 0 unspecified atom stereocenters. The van der Waals surface area contributed by atoms with Gasteiger partial charge in [0.1, 0.15) is 6.04 Å². The van der Waals surface area contributed by atoms with Crippen molar-refractivity contribution in [1.29, 1.82) is 0 Å². The molecule has 6 nitrogen and oxygen atoms in total. The van der Waals surface area contributed by atoms with Crippen LogP contribution in [0.1, 0.15) is 18.4 Å². The molecule has 4 rings (SSSR count). The van der Waals surface area contributed by atoms with Crippen molar-refractivity contribution in [2.24, 2.45) is 0 Å². The third-order valence-electron chi connectivity index (χ3n) is 5.14. The lowest BCUT2D eigenvalue weighted by molar-refractivity contribution is -0.123. The van der Waals surface area contributed by atoms with E-state index in [4.69, 9.17) is 0 Å². The lowest BCUT2D eigenvalue weighted by atomic mass is 10.1. The second kappa shape index (κ2) is 9.32. The Balaban J connectivity index is 1.30. The SMILES string of the molecule is Cc1ccc(SCCC(=O)NN[C@H]2CC(=O)N(c3ccc4ccccc4c3)C2=O)cc1. The van der Waals surface area contributed by atoms with Crippen LogP contribution >= 0.6 is 11.8 Å². The molecule has 3 amide bonds. The Kier molecular flexibility index (Phi) is 6.34. The minimum atomic E-state index is -0.771. The second-order valence-corrected chi connectivity index (χ2v) is 8.63. The molecule has 1 heterocycles. The van der Waals surface area contributed by atoms with E-state index >= 15 is 0 Å². The van der Waals surface area contributed by atoms with E-state index in [-0.39, 0.29) is 24.1 Å².